The molecule has 58 valence electrons. The predicted molar refractivity (Wildman–Crippen MR) is 45.9 cm³/mol. The van der Waals surface area contributed by atoms with Crippen LogP contribution in [0.25, 0.3) is 0 Å². The summed E-state index contributed by atoms with van der Waals surface area (Å²) in [5.74, 6) is 1.65. The van der Waals surface area contributed by atoms with Crippen molar-refractivity contribution in [3.63, 3.8) is 0 Å². The van der Waals surface area contributed by atoms with E-state index in [-0.39, 0.29) is 0 Å². The Morgan fingerprint density at radius 2 is 1.90 bits per heavy atom. The van der Waals surface area contributed by atoms with Crippen molar-refractivity contribution in [2.45, 2.75) is 34.1 Å². The van der Waals surface area contributed by atoms with Crippen molar-refractivity contribution in [1.82, 2.24) is 0 Å². The van der Waals surface area contributed by atoms with E-state index in [1.807, 2.05) is 0 Å². The van der Waals surface area contributed by atoms with Gasteiger partial charge >= 0.3 is 0 Å². The van der Waals surface area contributed by atoms with Crippen molar-refractivity contribution < 1.29 is 0 Å². The molecule has 1 aliphatic carbocycles. The maximum atomic E-state index is 2.36. The first-order valence-electron chi connectivity index (χ1n) is 4.21. The first-order chi connectivity index (χ1) is 4.51. The molecule has 0 aliphatic heterocycles. The average Bonchev–Trinajstić information content (AvgIpc) is 1.79. The highest BCUT2D eigenvalue weighted by Gasteiger charge is 2.24. The van der Waals surface area contributed by atoms with E-state index in [1.165, 1.54) is 6.42 Å². The smallest absolute Gasteiger partial charge is 0.0172 e. The van der Waals surface area contributed by atoms with Crippen LogP contribution in [0.5, 0.6) is 0 Å². The third kappa shape index (κ3) is 1.62. The fourth-order valence-corrected chi connectivity index (χ4v) is 1.69. The Morgan fingerprint density at radius 1 is 1.30 bits per heavy atom. The van der Waals surface area contributed by atoms with Gasteiger partial charge in [-0.1, -0.05) is 39.8 Å². The number of hydrogen-bond donors (Lipinski definition) is 0. The fraction of sp³-hybridized carbons (Fsp3) is 0.800. The van der Waals surface area contributed by atoms with Gasteiger partial charge in [-0.25, -0.2) is 0 Å². The van der Waals surface area contributed by atoms with Crippen LogP contribution in [-0.2, 0) is 0 Å². The Kier molecular flexibility index (Phi) is 1.89. The van der Waals surface area contributed by atoms with Crippen LogP contribution in [0, 0.1) is 17.3 Å². The summed E-state index contributed by atoms with van der Waals surface area (Å²) < 4.78 is 0. The number of rotatable bonds is 0. The first kappa shape index (κ1) is 7.84. The summed E-state index contributed by atoms with van der Waals surface area (Å²) in [7, 11) is 0. The van der Waals surface area contributed by atoms with Crippen LogP contribution in [0.2, 0.25) is 0 Å². The molecule has 0 nitrogen and oxygen atoms in total. The van der Waals surface area contributed by atoms with Crippen molar-refractivity contribution >= 4 is 0 Å². The van der Waals surface area contributed by atoms with Crippen molar-refractivity contribution in [3.05, 3.63) is 12.2 Å². The lowest BCUT2D eigenvalue weighted by molar-refractivity contribution is 0.281. The van der Waals surface area contributed by atoms with E-state index >= 15 is 0 Å². The first-order valence-corrected chi connectivity index (χ1v) is 4.21. The van der Waals surface area contributed by atoms with Gasteiger partial charge in [-0.15, -0.1) is 0 Å². The van der Waals surface area contributed by atoms with Gasteiger partial charge in [0.25, 0.3) is 0 Å². The summed E-state index contributed by atoms with van der Waals surface area (Å²) >= 11 is 0. The van der Waals surface area contributed by atoms with Crippen LogP contribution in [-0.4, -0.2) is 0 Å². The van der Waals surface area contributed by atoms with E-state index in [4.69, 9.17) is 0 Å². The summed E-state index contributed by atoms with van der Waals surface area (Å²) in [6, 6.07) is 0. The topological polar surface area (TPSA) is 0 Å². The second kappa shape index (κ2) is 2.41. The second-order valence-electron chi connectivity index (χ2n) is 4.39. The summed E-state index contributed by atoms with van der Waals surface area (Å²) in [5.41, 5.74) is 0.450. The maximum absolute atomic E-state index is 2.36. The zero-order valence-electron chi connectivity index (χ0n) is 7.52. The van der Waals surface area contributed by atoms with Gasteiger partial charge in [0.15, 0.2) is 0 Å². The van der Waals surface area contributed by atoms with Crippen molar-refractivity contribution in [1.29, 1.82) is 0 Å². The molecule has 0 aromatic rings. The van der Waals surface area contributed by atoms with E-state index in [0.29, 0.717) is 5.41 Å². The van der Waals surface area contributed by atoms with E-state index in [0.717, 1.165) is 11.8 Å². The predicted octanol–water partition coefficient (Wildman–Crippen LogP) is 3.24. The molecule has 1 rings (SSSR count). The summed E-state index contributed by atoms with van der Waals surface area (Å²) in [6.07, 6.45) is 6.05. The zero-order valence-corrected chi connectivity index (χ0v) is 7.52. The van der Waals surface area contributed by atoms with Gasteiger partial charge in [0, 0.05) is 0 Å². The van der Waals surface area contributed by atoms with Gasteiger partial charge in [-0.2, -0.15) is 0 Å². The number of hydrogen-bond acceptors (Lipinski definition) is 0. The largest absolute Gasteiger partial charge is 0.0849 e. The second-order valence-corrected chi connectivity index (χ2v) is 4.39. The summed E-state index contributed by atoms with van der Waals surface area (Å²) in [6.45, 7) is 9.27. The molecule has 0 aromatic heterocycles. The van der Waals surface area contributed by atoms with Gasteiger partial charge in [-0.3, -0.25) is 0 Å². The molecule has 0 heteroatoms. The van der Waals surface area contributed by atoms with Crippen LogP contribution < -0.4 is 0 Å². The van der Waals surface area contributed by atoms with Gasteiger partial charge in [0.2, 0.25) is 0 Å². The van der Waals surface area contributed by atoms with Gasteiger partial charge in [0.05, 0.1) is 0 Å². The summed E-state index contributed by atoms with van der Waals surface area (Å²) in [5, 5.41) is 0. The lowest BCUT2D eigenvalue weighted by Gasteiger charge is -2.32. The molecule has 10 heavy (non-hydrogen) atoms. The highest BCUT2D eigenvalue weighted by atomic mass is 14.3. The Hall–Kier alpha value is -0.260. The zero-order chi connectivity index (χ0) is 7.78. The molecule has 0 heterocycles. The molecule has 0 N–H and O–H groups in total. The molecular weight excluding hydrogens is 120 g/mol. The highest BCUT2D eigenvalue weighted by molar-refractivity contribution is 5.03. The third-order valence-corrected chi connectivity index (χ3v) is 2.60. The minimum atomic E-state index is 0.450. The molecule has 0 fully saturated rings. The molecule has 0 radical (unpaired) electrons. The Labute approximate surface area is 64.3 Å². The van der Waals surface area contributed by atoms with E-state index in [2.05, 4.69) is 39.8 Å². The molecule has 2 unspecified atom stereocenters. The maximum Gasteiger partial charge on any atom is -0.0172 e. The van der Waals surface area contributed by atoms with Gasteiger partial charge in [-0.05, 0) is 23.7 Å². The molecule has 1 aliphatic rings. The molecule has 2 atom stereocenters. The number of allylic oxidation sites excluding steroid dienone is 2. The quantitative estimate of drug-likeness (QED) is 0.451. The molecule has 0 aromatic carbocycles. The Bertz CT molecular complexity index is 142. The van der Waals surface area contributed by atoms with Gasteiger partial charge in [0.1, 0.15) is 0 Å². The normalized spacial score (nSPS) is 38.0. The lowest BCUT2D eigenvalue weighted by atomic mass is 9.73. The molecule has 0 saturated carbocycles. The summed E-state index contributed by atoms with van der Waals surface area (Å²) in [4.78, 5) is 0. The molecule has 0 spiro atoms. The monoisotopic (exact) mass is 138 g/mol. The van der Waals surface area contributed by atoms with Crippen LogP contribution in [0.4, 0.5) is 0 Å². The minimum Gasteiger partial charge on any atom is -0.0849 e. The van der Waals surface area contributed by atoms with Gasteiger partial charge < -0.3 is 0 Å². The minimum absolute atomic E-state index is 0.450. The van der Waals surface area contributed by atoms with Crippen LogP contribution in [0.1, 0.15) is 34.1 Å². The van der Waals surface area contributed by atoms with Crippen LogP contribution >= 0.6 is 0 Å². The van der Waals surface area contributed by atoms with Crippen molar-refractivity contribution in [2.75, 3.05) is 0 Å². The van der Waals surface area contributed by atoms with Crippen LogP contribution in [0.3, 0.4) is 0 Å². The average molecular weight is 138 g/mol. The van der Waals surface area contributed by atoms with Crippen molar-refractivity contribution in [3.8, 4) is 0 Å². The molecule has 0 saturated heterocycles. The SMILES string of the molecule is CC1C=CC(C)(C)CC1C. The lowest BCUT2D eigenvalue weighted by Crippen LogP contribution is -2.21. The fourth-order valence-electron chi connectivity index (χ4n) is 1.69. The molecule has 0 bridgehead atoms. The molecular formula is C10H18. The highest BCUT2D eigenvalue weighted by Crippen LogP contribution is 2.35. The third-order valence-electron chi connectivity index (χ3n) is 2.60. The standard InChI is InChI=1S/C10H18/c1-8-5-6-10(3,4)7-9(8)2/h5-6,8-9H,7H2,1-4H3. The van der Waals surface area contributed by atoms with E-state index < -0.39 is 0 Å². The van der Waals surface area contributed by atoms with Crippen LogP contribution in [0.15, 0.2) is 12.2 Å². The van der Waals surface area contributed by atoms with E-state index in [9.17, 15) is 0 Å². The van der Waals surface area contributed by atoms with Crippen molar-refractivity contribution in [2.24, 2.45) is 17.3 Å². The van der Waals surface area contributed by atoms with E-state index in [1.54, 1.807) is 0 Å². The molecule has 0 amide bonds. The Balaban J connectivity index is 2.69. The Morgan fingerprint density at radius 3 is 2.30 bits per heavy atom.